The fourth-order valence-electron chi connectivity index (χ4n) is 9.06. The molecule has 3 heterocycles. The Kier molecular flexibility index (Phi) is 12.7. The molecule has 4 aliphatic rings. The van der Waals surface area contributed by atoms with Gasteiger partial charge in [-0.15, -0.1) is 24.4 Å². The molecule has 2 amide bonds. The number of thiol groups is 1. The molecule has 1 N–H and O–H groups in total. The third-order valence-electron chi connectivity index (χ3n) is 11.9. The van der Waals surface area contributed by atoms with Gasteiger partial charge in [0.05, 0.1) is 4.91 Å². The lowest BCUT2D eigenvalue weighted by atomic mass is 9.95. The smallest absolute Gasteiger partial charge is 0.323 e. The summed E-state index contributed by atoms with van der Waals surface area (Å²) in [4.78, 5) is 45.8. The van der Waals surface area contributed by atoms with Crippen molar-refractivity contribution in [2.24, 2.45) is 0 Å². The molecule has 300 valence electrons. The lowest BCUT2D eigenvalue weighted by molar-refractivity contribution is -0.143. The lowest BCUT2D eigenvalue weighted by Crippen LogP contribution is -2.45. The molecule has 0 radical (unpaired) electrons. The number of hydrogen-bond acceptors (Lipinski definition) is 7. The van der Waals surface area contributed by atoms with Gasteiger partial charge < -0.3 is 19.8 Å². The fourth-order valence-corrected chi connectivity index (χ4v) is 12.4. The maximum Gasteiger partial charge on any atom is 0.323 e. The molecule has 10 heteroatoms. The fraction of sp³-hybridized carbons (Fsp3) is 0.354. The van der Waals surface area contributed by atoms with Gasteiger partial charge in [-0.05, 0) is 89.1 Å². The number of carbonyl (C=O) groups is 3. The quantitative estimate of drug-likeness (QED) is 0.0534. The van der Waals surface area contributed by atoms with E-state index in [2.05, 4.69) is 109 Å². The number of carbonyl (C=O) groups excluding carboxylic acids is 2. The molecule has 1 saturated carbocycles. The van der Waals surface area contributed by atoms with Gasteiger partial charge >= 0.3 is 5.97 Å². The molecule has 3 fully saturated rings. The second-order valence-electron chi connectivity index (χ2n) is 15.7. The van der Waals surface area contributed by atoms with Crippen molar-refractivity contribution in [3.63, 3.8) is 0 Å². The molecule has 5 atom stereocenters. The summed E-state index contributed by atoms with van der Waals surface area (Å²) < 4.78 is -0.323. The zero-order valence-electron chi connectivity index (χ0n) is 32.9. The standard InChI is InChI=1S/C48H51N3O4S3/c1-2-3-4-5-6-13-27-49-46(55)44(58-48(49)56)47-50(31-43(52)53)45(54)42(57-47)30-33-23-26-41-39(29-33)37-19-14-20-40(37)51(41)36-24-21-32(22-25-36)28-38(34-15-9-7-10-16-34)35-17-11-8-12-18-35/h7-12,15-18,21-26,28-30,37,40,44,47-48,56H,2-6,13-14,19-20,27,31H2,1H3,(H,52,53)/b42-30-. The molecule has 4 aromatic carbocycles. The molecule has 4 aromatic rings. The normalized spacial score (nSPS) is 23.2. The summed E-state index contributed by atoms with van der Waals surface area (Å²) in [5.74, 6) is -1.11. The van der Waals surface area contributed by atoms with Crippen molar-refractivity contribution in [2.45, 2.75) is 92.0 Å². The van der Waals surface area contributed by atoms with Crippen LogP contribution in [-0.4, -0.2) is 67.2 Å². The Hall–Kier alpha value is -4.38. The van der Waals surface area contributed by atoms with Crippen molar-refractivity contribution in [3.05, 3.63) is 136 Å². The molecular formula is C48H51N3O4S3. The van der Waals surface area contributed by atoms with E-state index in [0.717, 1.165) is 49.7 Å². The minimum absolute atomic E-state index is 0.0673. The van der Waals surface area contributed by atoms with Gasteiger partial charge in [0.25, 0.3) is 5.91 Å². The largest absolute Gasteiger partial charge is 0.480 e. The molecule has 3 aliphatic heterocycles. The molecule has 0 bridgehead atoms. The lowest BCUT2D eigenvalue weighted by Gasteiger charge is -2.27. The van der Waals surface area contributed by atoms with E-state index in [9.17, 15) is 19.5 Å². The molecule has 0 spiro atoms. The number of amides is 2. The third kappa shape index (κ3) is 8.52. The monoisotopic (exact) mass is 829 g/mol. The third-order valence-corrected chi connectivity index (χ3v) is 15.3. The summed E-state index contributed by atoms with van der Waals surface area (Å²) in [5, 5.41) is 8.62. The number of unbranched alkanes of at least 4 members (excludes halogenated alkanes) is 5. The summed E-state index contributed by atoms with van der Waals surface area (Å²) in [6.07, 6.45) is 14.3. The Morgan fingerprint density at radius 1 is 0.828 bits per heavy atom. The van der Waals surface area contributed by atoms with Crippen molar-refractivity contribution >= 4 is 83.0 Å². The first-order chi connectivity index (χ1) is 28.3. The van der Waals surface area contributed by atoms with E-state index in [1.54, 1.807) is 4.90 Å². The Labute approximate surface area is 356 Å². The summed E-state index contributed by atoms with van der Waals surface area (Å²) in [5.41, 5.74) is 9.24. The van der Waals surface area contributed by atoms with Crippen LogP contribution in [0.5, 0.6) is 0 Å². The highest BCUT2D eigenvalue weighted by Gasteiger charge is 2.50. The maximum absolute atomic E-state index is 13.9. The molecule has 5 unspecified atom stereocenters. The van der Waals surface area contributed by atoms with Crippen LogP contribution < -0.4 is 4.90 Å². The van der Waals surface area contributed by atoms with Crippen LogP contribution in [-0.2, 0) is 14.4 Å². The van der Waals surface area contributed by atoms with E-state index in [4.69, 9.17) is 12.6 Å². The van der Waals surface area contributed by atoms with Gasteiger partial charge in [-0.2, -0.15) is 0 Å². The first-order valence-corrected chi connectivity index (χ1v) is 23.1. The van der Waals surface area contributed by atoms with Crippen molar-refractivity contribution in [1.29, 1.82) is 0 Å². The molecule has 8 rings (SSSR count). The Balaban J connectivity index is 1.02. The minimum atomic E-state index is -1.09. The van der Waals surface area contributed by atoms with Gasteiger partial charge in [0.2, 0.25) is 5.91 Å². The van der Waals surface area contributed by atoms with Crippen molar-refractivity contribution in [2.75, 3.05) is 18.0 Å². The van der Waals surface area contributed by atoms with E-state index in [0.29, 0.717) is 23.4 Å². The highest BCUT2D eigenvalue weighted by molar-refractivity contribution is 8.13. The summed E-state index contributed by atoms with van der Waals surface area (Å²) in [6, 6.07) is 36.7. The minimum Gasteiger partial charge on any atom is -0.480 e. The average molecular weight is 830 g/mol. The van der Waals surface area contributed by atoms with E-state index in [1.807, 2.05) is 18.2 Å². The van der Waals surface area contributed by atoms with Gasteiger partial charge in [0.1, 0.15) is 21.9 Å². The van der Waals surface area contributed by atoms with Crippen molar-refractivity contribution < 1.29 is 19.5 Å². The number of nitrogens with zero attached hydrogens (tertiary/aromatic N) is 3. The zero-order chi connectivity index (χ0) is 40.2. The molecule has 1 aliphatic carbocycles. The topological polar surface area (TPSA) is 81.2 Å². The molecule has 0 aromatic heterocycles. The highest BCUT2D eigenvalue weighted by atomic mass is 32.2. The van der Waals surface area contributed by atoms with Crippen LogP contribution in [0, 0.1) is 0 Å². The van der Waals surface area contributed by atoms with Gasteiger partial charge in [-0.3, -0.25) is 14.4 Å². The molecule has 7 nitrogen and oxygen atoms in total. The zero-order valence-corrected chi connectivity index (χ0v) is 35.4. The van der Waals surface area contributed by atoms with Crippen molar-refractivity contribution in [1.82, 2.24) is 9.80 Å². The number of carboxylic acid groups (broad SMARTS) is 1. The predicted octanol–water partition coefficient (Wildman–Crippen LogP) is 10.9. The second kappa shape index (κ2) is 18.3. The Morgan fingerprint density at radius 3 is 2.19 bits per heavy atom. The van der Waals surface area contributed by atoms with Gasteiger partial charge in [0.15, 0.2) is 0 Å². The molecular weight excluding hydrogens is 779 g/mol. The second-order valence-corrected chi connectivity index (χ2v) is 18.9. The van der Waals surface area contributed by atoms with Crippen LogP contribution in [0.25, 0.3) is 17.7 Å². The summed E-state index contributed by atoms with van der Waals surface area (Å²) in [6.45, 7) is 2.36. The van der Waals surface area contributed by atoms with E-state index in [1.165, 1.54) is 81.3 Å². The number of rotatable bonds is 15. The van der Waals surface area contributed by atoms with Crippen LogP contribution in [0.3, 0.4) is 0 Å². The van der Waals surface area contributed by atoms with Gasteiger partial charge in [-0.25, -0.2) is 0 Å². The number of thioether (sulfide) groups is 2. The number of hydrogen-bond donors (Lipinski definition) is 2. The maximum atomic E-state index is 13.9. The SMILES string of the molecule is CCCCCCCCN1C(=O)C(C2S/C(=C\c3ccc4c(c3)C3CCCC3N4c3ccc(C=C(c4ccccc4)c4ccccc4)cc3)C(=O)N2CC(=O)O)SC1S. The van der Waals surface area contributed by atoms with Crippen LogP contribution in [0.4, 0.5) is 11.4 Å². The first-order valence-electron chi connectivity index (χ1n) is 20.7. The Morgan fingerprint density at radius 2 is 1.50 bits per heavy atom. The van der Waals surface area contributed by atoms with Crippen LogP contribution in [0.15, 0.2) is 108 Å². The van der Waals surface area contributed by atoms with Gasteiger partial charge in [0, 0.05) is 29.9 Å². The van der Waals surface area contributed by atoms with E-state index in [-0.39, 0.29) is 16.5 Å². The van der Waals surface area contributed by atoms with E-state index < -0.39 is 23.1 Å². The number of carboxylic acids is 1. The molecule has 58 heavy (non-hydrogen) atoms. The summed E-state index contributed by atoms with van der Waals surface area (Å²) in [7, 11) is 0. The number of fused-ring (bicyclic) bond motifs is 3. The number of aliphatic carboxylic acids is 1. The van der Waals surface area contributed by atoms with Crippen LogP contribution in [0.2, 0.25) is 0 Å². The van der Waals surface area contributed by atoms with Gasteiger partial charge in [-0.1, -0.05) is 136 Å². The molecule has 2 saturated heterocycles. The first kappa shape index (κ1) is 40.4. The van der Waals surface area contributed by atoms with Crippen LogP contribution in [0.1, 0.15) is 98.4 Å². The predicted molar refractivity (Wildman–Crippen MR) is 243 cm³/mol. The average Bonchev–Trinajstić information content (AvgIpc) is 3.98. The highest BCUT2D eigenvalue weighted by Crippen LogP contribution is 2.53. The van der Waals surface area contributed by atoms with E-state index >= 15 is 0 Å². The van der Waals surface area contributed by atoms with Crippen molar-refractivity contribution in [3.8, 4) is 0 Å². The number of anilines is 2. The summed E-state index contributed by atoms with van der Waals surface area (Å²) >= 11 is 7.48. The number of benzene rings is 4. The van der Waals surface area contributed by atoms with Crippen LogP contribution >= 0.6 is 36.2 Å². The Bertz CT molecular complexity index is 2140.